The van der Waals surface area contributed by atoms with Crippen molar-refractivity contribution in [3.63, 3.8) is 0 Å². The van der Waals surface area contributed by atoms with Gasteiger partial charge in [0.2, 0.25) is 0 Å². The van der Waals surface area contributed by atoms with Crippen LogP contribution in [0.5, 0.6) is 5.75 Å². The molecule has 0 bridgehead atoms. The molecule has 1 aliphatic heterocycles. The lowest BCUT2D eigenvalue weighted by Gasteiger charge is -2.35. The Morgan fingerprint density at radius 2 is 1.77 bits per heavy atom. The first kappa shape index (κ1) is 20.4. The molecule has 1 aromatic carbocycles. The highest BCUT2D eigenvalue weighted by Crippen LogP contribution is 2.24. The Morgan fingerprint density at radius 3 is 2.55 bits per heavy atom. The van der Waals surface area contributed by atoms with Crippen molar-refractivity contribution in [1.82, 2.24) is 19.9 Å². The third-order valence-corrected chi connectivity index (χ3v) is 5.06. The summed E-state index contributed by atoms with van der Waals surface area (Å²) in [5, 5.41) is 6.14. The van der Waals surface area contributed by atoms with Crippen molar-refractivity contribution in [2.75, 3.05) is 48.8 Å². The summed E-state index contributed by atoms with van der Waals surface area (Å²) in [6.07, 6.45) is 3.29. The van der Waals surface area contributed by atoms with Gasteiger partial charge < -0.3 is 25.2 Å². The van der Waals surface area contributed by atoms with Crippen molar-refractivity contribution < 1.29 is 9.53 Å². The summed E-state index contributed by atoms with van der Waals surface area (Å²) in [7, 11) is 1.59. The zero-order valence-corrected chi connectivity index (χ0v) is 17.6. The predicted molar refractivity (Wildman–Crippen MR) is 120 cm³/mol. The second kappa shape index (κ2) is 9.29. The van der Waals surface area contributed by atoms with Crippen LogP contribution in [0.1, 0.15) is 5.56 Å². The Bertz CT molecular complexity index is 1050. The number of hydrogen-bond donors (Lipinski definition) is 2. The van der Waals surface area contributed by atoms with Crippen LogP contribution in [0.4, 0.5) is 27.9 Å². The number of benzene rings is 1. The standard InChI is InChI=1S/C22H25N7O2/c1-16-7-8-23-19(13-16)27-20-14-21(25-15-24-20)28-9-11-29(12-10-28)22(30)26-17-5-3-4-6-18(17)31-2/h3-8,13-15H,9-12H2,1-2H3,(H,26,30)(H,23,24,25,27). The molecule has 0 atom stereocenters. The molecule has 2 N–H and O–H groups in total. The summed E-state index contributed by atoms with van der Waals surface area (Å²) in [6.45, 7) is 4.55. The molecule has 2 amide bonds. The van der Waals surface area contributed by atoms with Crippen molar-refractivity contribution in [1.29, 1.82) is 0 Å². The number of anilines is 4. The molecule has 31 heavy (non-hydrogen) atoms. The average Bonchev–Trinajstić information content (AvgIpc) is 2.80. The van der Waals surface area contributed by atoms with Gasteiger partial charge in [-0.2, -0.15) is 0 Å². The maximum Gasteiger partial charge on any atom is 0.322 e. The number of ether oxygens (including phenoxy) is 1. The number of urea groups is 1. The van der Waals surface area contributed by atoms with Crippen molar-refractivity contribution in [2.45, 2.75) is 6.92 Å². The van der Waals surface area contributed by atoms with Crippen LogP contribution in [-0.2, 0) is 0 Å². The van der Waals surface area contributed by atoms with Gasteiger partial charge in [0.1, 0.15) is 29.5 Å². The third kappa shape index (κ3) is 5.00. The fraction of sp³-hybridized carbons (Fsp3) is 0.273. The molecule has 0 saturated carbocycles. The van der Waals surface area contributed by atoms with Gasteiger partial charge in [0.15, 0.2) is 0 Å². The topological polar surface area (TPSA) is 95.5 Å². The van der Waals surface area contributed by atoms with E-state index in [4.69, 9.17) is 4.74 Å². The molecule has 1 saturated heterocycles. The Balaban J connectivity index is 1.36. The number of pyridine rings is 1. The monoisotopic (exact) mass is 419 g/mol. The predicted octanol–water partition coefficient (Wildman–Crippen LogP) is 3.29. The highest BCUT2D eigenvalue weighted by Gasteiger charge is 2.23. The van der Waals surface area contributed by atoms with Crippen LogP contribution in [0, 0.1) is 6.92 Å². The minimum atomic E-state index is -0.139. The molecular formula is C22H25N7O2. The van der Waals surface area contributed by atoms with E-state index in [9.17, 15) is 4.79 Å². The van der Waals surface area contributed by atoms with Crippen LogP contribution in [0.15, 0.2) is 55.0 Å². The van der Waals surface area contributed by atoms with E-state index in [2.05, 4.69) is 30.5 Å². The number of carbonyl (C=O) groups excluding carboxylic acids is 1. The maximum atomic E-state index is 12.7. The molecule has 3 aromatic rings. The first-order chi connectivity index (χ1) is 15.1. The number of nitrogens with one attached hydrogen (secondary N) is 2. The summed E-state index contributed by atoms with van der Waals surface area (Å²) in [5.74, 6) is 2.87. The second-order valence-corrected chi connectivity index (χ2v) is 7.21. The van der Waals surface area contributed by atoms with Crippen LogP contribution in [-0.4, -0.2) is 59.2 Å². The molecule has 160 valence electrons. The molecule has 1 fully saturated rings. The zero-order chi connectivity index (χ0) is 21.6. The van der Waals surface area contributed by atoms with Crippen LogP contribution >= 0.6 is 0 Å². The third-order valence-electron chi connectivity index (χ3n) is 5.06. The van der Waals surface area contributed by atoms with E-state index in [1.54, 1.807) is 18.2 Å². The summed E-state index contributed by atoms with van der Waals surface area (Å²) in [4.78, 5) is 29.6. The SMILES string of the molecule is COc1ccccc1NC(=O)N1CCN(c2cc(Nc3cc(C)ccn3)ncn2)CC1. The minimum absolute atomic E-state index is 0.139. The number of para-hydroxylation sites is 2. The molecule has 0 aliphatic carbocycles. The van der Waals surface area contributed by atoms with Gasteiger partial charge in [-0.25, -0.2) is 19.7 Å². The quantitative estimate of drug-likeness (QED) is 0.655. The van der Waals surface area contributed by atoms with Crippen LogP contribution in [0.2, 0.25) is 0 Å². The normalized spacial score (nSPS) is 13.6. The Labute approximate surface area is 181 Å². The number of hydrogen-bond acceptors (Lipinski definition) is 7. The first-order valence-electron chi connectivity index (χ1n) is 10.1. The number of amides is 2. The second-order valence-electron chi connectivity index (χ2n) is 7.21. The molecule has 9 heteroatoms. The molecule has 0 unspecified atom stereocenters. The first-order valence-corrected chi connectivity index (χ1v) is 10.1. The van der Waals surface area contributed by atoms with E-state index >= 15 is 0 Å². The molecule has 9 nitrogen and oxygen atoms in total. The zero-order valence-electron chi connectivity index (χ0n) is 17.6. The summed E-state index contributed by atoms with van der Waals surface area (Å²) < 4.78 is 5.30. The minimum Gasteiger partial charge on any atom is -0.495 e. The smallest absolute Gasteiger partial charge is 0.322 e. The number of aromatic nitrogens is 3. The van der Waals surface area contributed by atoms with Gasteiger partial charge in [-0.05, 0) is 36.8 Å². The molecule has 2 aromatic heterocycles. The molecule has 0 spiro atoms. The lowest BCUT2D eigenvalue weighted by molar-refractivity contribution is 0.208. The Hall–Kier alpha value is -3.88. The number of piperazine rings is 1. The van der Waals surface area contributed by atoms with Crippen molar-refractivity contribution in [2.24, 2.45) is 0 Å². The van der Waals surface area contributed by atoms with Gasteiger partial charge in [-0.3, -0.25) is 0 Å². The Morgan fingerprint density at radius 1 is 1.00 bits per heavy atom. The highest BCUT2D eigenvalue weighted by atomic mass is 16.5. The van der Waals surface area contributed by atoms with Gasteiger partial charge >= 0.3 is 6.03 Å². The molecule has 4 rings (SSSR count). The maximum absolute atomic E-state index is 12.7. The van der Waals surface area contributed by atoms with Gasteiger partial charge in [0, 0.05) is 38.4 Å². The number of nitrogens with zero attached hydrogens (tertiary/aromatic N) is 5. The van der Waals surface area contributed by atoms with Gasteiger partial charge in [0.25, 0.3) is 0 Å². The van der Waals surface area contributed by atoms with E-state index in [-0.39, 0.29) is 6.03 Å². The van der Waals surface area contributed by atoms with Crippen molar-refractivity contribution in [3.8, 4) is 5.75 Å². The number of aryl methyl sites for hydroxylation is 1. The summed E-state index contributed by atoms with van der Waals surface area (Å²) in [6, 6.07) is 13.0. The van der Waals surface area contributed by atoms with Gasteiger partial charge in [-0.15, -0.1) is 0 Å². The number of carbonyl (C=O) groups is 1. The van der Waals surface area contributed by atoms with Crippen LogP contribution in [0.3, 0.4) is 0 Å². The van der Waals surface area contributed by atoms with Gasteiger partial charge in [0.05, 0.1) is 12.8 Å². The summed E-state index contributed by atoms with van der Waals surface area (Å²) >= 11 is 0. The van der Waals surface area contributed by atoms with Crippen LogP contribution in [0.25, 0.3) is 0 Å². The number of methoxy groups -OCH3 is 1. The number of rotatable bonds is 5. The van der Waals surface area contributed by atoms with E-state index < -0.39 is 0 Å². The fourth-order valence-electron chi connectivity index (χ4n) is 3.40. The molecule has 0 radical (unpaired) electrons. The average molecular weight is 419 g/mol. The fourth-order valence-corrected chi connectivity index (χ4v) is 3.40. The molecule has 1 aliphatic rings. The Kier molecular flexibility index (Phi) is 6.11. The van der Waals surface area contributed by atoms with E-state index in [0.29, 0.717) is 43.4 Å². The van der Waals surface area contributed by atoms with E-state index in [1.165, 1.54) is 6.33 Å². The van der Waals surface area contributed by atoms with E-state index in [0.717, 1.165) is 17.2 Å². The lowest BCUT2D eigenvalue weighted by Crippen LogP contribution is -2.50. The molecule has 3 heterocycles. The molecular weight excluding hydrogens is 394 g/mol. The van der Waals surface area contributed by atoms with Gasteiger partial charge in [-0.1, -0.05) is 12.1 Å². The van der Waals surface area contributed by atoms with Crippen LogP contribution < -0.4 is 20.3 Å². The lowest BCUT2D eigenvalue weighted by atomic mass is 10.3. The van der Waals surface area contributed by atoms with Crippen molar-refractivity contribution >= 4 is 29.2 Å². The largest absolute Gasteiger partial charge is 0.495 e. The highest BCUT2D eigenvalue weighted by molar-refractivity contribution is 5.91. The van der Waals surface area contributed by atoms with Crippen molar-refractivity contribution in [3.05, 3.63) is 60.6 Å². The van der Waals surface area contributed by atoms with E-state index in [1.807, 2.05) is 49.4 Å². The summed E-state index contributed by atoms with van der Waals surface area (Å²) in [5.41, 5.74) is 1.78.